The molecule has 5 heteroatoms. The van der Waals surface area contributed by atoms with Crippen LogP contribution in [0.2, 0.25) is 5.02 Å². The lowest BCUT2D eigenvalue weighted by Crippen LogP contribution is -2.27. The minimum absolute atomic E-state index is 0.201. The average Bonchev–Trinajstić information content (AvgIpc) is 2.48. The highest BCUT2D eigenvalue weighted by atomic mass is 35.5. The first kappa shape index (κ1) is 14.3. The molecule has 0 radical (unpaired) electrons. The third-order valence-electron chi connectivity index (χ3n) is 2.89. The Balaban J connectivity index is 2.18. The normalized spacial score (nSPS) is 11.8. The zero-order valence-electron chi connectivity index (χ0n) is 11.3. The minimum Gasteiger partial charge on any atom is -0.496 e. The molecular formula is C15H15ClN2O2. The summed E-state index contributed by atoms with van der Waals surface area (Å²) < 4.78 is 5.17. The van der Waals surface area contributed by atoms with E-state index in [4.69, 9.17) is 16.3 Å². The number of methoxy groups -OCH3 is 1. The van der Waals surface area contributed by atoms with E-state index in [0.29, 0.717) is 16.3 Å². The Hall–Kier alpha value is -2.07. The lowest BCUT2D eigenvalue weighted by molar-refractivity contribution is 0.0936. The van der Waals surface area contributed by atoms with Gasteiger partial charge in [-0.1, -0.05) is 17.7 Å². The summed E-state index contributed by atoms with van der Waals surface area (Å²) in [7, 11) is 1.52. The lowest BCUT2D eigenvalue weighted by atomic mass is 10.1. The third-order valence-corrected chi connectivity index (χ3v) is 3.12. The van der Waals surface area contributed by atoms with Crippen molar-refractivity contribution >= 4 is 17.5 Å². The Bertz CT molecular complexity index is 602. The molecule has 0 saturated carbocycles. The Kier molecular flexibility index (Phi) is 4.58. The van der Waals surface area contributed by atoms with Crippen molar-refractivity contribution in [2.75, 3.05) is 7.11 Å². The molecule has 2 aromatic rings. The molecule has 1 aromatic heterocycles. The standard InChI is InChI=1S/C15H15ClN2O2/c1-10(13-5-3-4-8-17-13)18-15(19)12-9-11(16)6-7-14(12)20-2/h3-10H,1-2H3,(H,18,19). The number of aromatic nitrogens is 1. The molecule has 0 aliphatic rings. The number of nitrogens with zero attached hydrogens (tertiary/aromatic N) is 1. The molecule has 1 atom stereocenters. The van der Waals surface area contributed by atoms with E-state index < -0.39 is 0 Å². The van der Waals surface area contributed by atoms with Crippen molar-refractivity contribution in [3.63, 3.8) is 0 Å². The van der Waals surface area contributed by atoms with E-state index in [1.807, 2.05) is 25.1 Å². The second-order valence-electron chi connectivity index (χ2n) is 4.29. The Morgan fingerprint density at radius 3 is 2.80 bits per heavy atom. The highest BCUT2D eigenvalue weighted by Crippen LogP contribution is 2.23. The van der Waals surface area contributed by atoms with Gasteiger partial charge in [-0.25, -0.2) is 0 Å². The molecule has 0 spiro atoms. The van der Waals surface area contributed by atoms with E-state index in [9.17, 15) is 4.79 Å². The monoisotopic (exact) mass is 290 g/mol. The Morgan fingerprint density at radius 2 is 2.15 bits per heavy atom. The van der Waals surface area contributed by atoms with Gasteiger partial charge < -0.3 is 10.1 Å². The van der Waals surface area contributed by atoms with Crippen LogP contribution in [0.5, 0.6) is 5.75 Å². The molecule has 104 valence electrons. The summed E-state index contributed by atoms with van der Waals surface area (Å²) in [6.07, 6.45) is 1.69. The van der Waals surface area contributed by atoms with Crippen LogP contribution in [0.1, 0.15) is 29.0 Å². The molecule has 0 aliphatic carbocycles. The second kappa shape index (κ2) is 6.39. The van der Waals surface area contributed by atoms with Crippen molar-refractivity contribution in [2.24, 2.45) is 0 Å². The molecule has 1 unspecified atom stereocenters. The zero-order valence-corrected chi connectivity index (χ0v) is 12.0. The number of halogens is 1. The highest BCUT2D eigenvalue weighted by molar-refractivity contribution is 6.31. The first-order valence-corrected chi connectivity index (χ1v) is 6.55. The number of ether oxygens (including phenoxy) is 1. The van der Waals surface area contributed by atoms with Crippen LogP contribution in [0.25, 0.3) is 0 Å². The number of carbonyl (C=O) groups is 1. The van der Waals surface area contributed by atoms with Crippen LogP contribution in [0.4, 0.5) is 0 Å². The maximum absolute atomic E-state index is 12.3. The van der Waals surface area contributed by atoms with Gasteiger partial charge in [-0.05, 0) is 37.3 Å². The maximum atomic E-state index is 12.3. The number of rotatable bonds is 4. The van der Waals surface area contributed by atoms with E-state index in [2.05, 4.69) is 10.3 Å². The van der Waals surface area contributed by atoms with E-state index in [0.717, 1.165) is 5.69 Å². The summed E-state index contributed by atoms with van der Waals surface area (Å²) in [6.45, 7) is 1.87. The molecule has 1 aromatic carbocycles. The summed E-state index contributed by atoms with van der Waals surface area (Å²) >= 11 is 5.92. The average molecular weight is 291 g/mol. The van der Waals surface area contributed by atoms with E-state index >= 15 is 0 Å². The van der Waals surface area contributed by atoms with Crippen LogP contribution in [-0.4, -0.2) is 18.0 Å². The predicted molar refractivity (Wildman–Crippen MR) is 78.1 cm³/mol. The second-order valence-corrected chi connectivity index (χ2v) is 4.73. The molecule has 0 bridgehead atoms. The van der Waals surface area contributed by atoms with Gasteiger partial charge in [0.2, 0.25) is 0 Å². The number of carbonyl (C=O) groups excluding carboxylic acids is 1. The predicted octanol–water partition coefficient (Wildman–Crippen LogP) is 3.23. The summed E-state index contributed by atoms with van der Waals surface area (Å²) in [5.41, 5.74) is 1.20. The summed E-state index contributed by atoms with van der Waals surface area (Å²) in [5, 5.41) is 3.36. The van der Waals surface area contributed by atoms with Gasteiger partial charge in [0, 0.05) is 11.2 Å². The van der Waals surface area contributed by atoms with Crippen LogP contribution < -0.4 is 10.1 Å². The minimum atomic E-state index is -0.248. The fourth-order valence-corrected chi connectivity index (χ4v) is 2.01. The molecule has 1 N–H and O–H groups in total. The van der Waals surface area contributed by atoms with Crippen molar-refractivity contribution in [1.29, 1.82) is 0 Å². The maximum Gasteiger partial charge on any atom is 0.255 e. The van der Waals surface area contributed by atoms with Gasteiger partial charge in [0.1, 0.15) is 5.75 Å². The van der Waals surface area contributed by atoms with E-state index in [1.54, 1.807) is 24.4 Å². The van der Waals surface area contributed by atoms with Crippen LogP contribution >= 0.6 is 11.6 Å². The van der Waals surface area contributed by atoms with Gasteiger partial charge >= 0.3 is 0 Å². The smallest absolute Gasteiger partial charge is 0.255 e. The van der Waals surface area contributed by atoms with Gasteiger partial charge in [-0.3, -0.25) is 9.78 Å². The van der Waals surface area contributed by atoms with Crippen LogP contribution in [-0.2, 0) is 0 Å². The number of nitrogens with one attached hydrogen (secondary N) is 1. The number of benzene rings is 1. The van der Waals surface area contributed by atoms with Crippen molar-refractivity contribution < 1.29 is 9.53 Å². The third kappa shape index (κ3) is 3.27. The van der Waals surface area contributed by atoms with Gasteiger partial charge in [0.25, 0.3) is 5.91 Å². The lowest BCUT2D eigenvalue weighted by Gasteiger charge is -2.15. The van der Waals surface area contributed by atoms with Crippen molar-refractivity contribution in [3.05, 3.63) is 58.9 Å². The molecule has 0 aliphatic heterocycles. The number of hydrogen-bond acceptors (Lipinski definition) is 3. The molecule has 20 heavy (non-hydrogen) atoms. The van der Waals surface area contributed by atoms with Gasteiger partial charge in [-0.2, -0.15) is 0 Å². The molecule has 1 amide bonds. The fraction of sp³-hybridized carbons (Fsp3) is 0.200. The summed E-state index contributed by atoms with van der Waals surface area (Å²) in [4.78, 5) is 16.5. The topological polar surface area (TPSA) is 51.2 Å². The Labute approximate surface area is 122 Å². The number of pyridine rings is 1. The van der Waals surface area contributed by atoms with Gasteiger partial charge in [-0.15, -0.1) is 0 Å². The van der Waals surface area contributed by atoms with Crippen LogP contribution in [0, 0.1) is 0 Å². The van der Waals surface area contributed by atoms with Crippen molar-refractivity contribution in [1.82, 2.24) is 10.3 Å². The Morgan fingerprint density at radius 1 is 1.35 bits per heavy atom. The van der Waals surface area contributed by atoms with E-state index in [-0.39, 0.29) is 11.9 Å². The quantitative estimate of drug-likeness (QED) is 0.940. The SMILES string of the molecule is COc1ccc(Cl)cc1C(=O)NC(C)c1ccccn1. The number of hydrogen-bond donors (Lipinski definition) is 1. The number of amides is 1. The van der Waals surface area contributed by atoms with Gasteiger partial charge in [0.05, 0.1) is 24.4 Å². The molecule has 0 fully saturated rings. The van der Waals surface area contributed by atoms with Crippen molar-refractivity contribution in [2.45, 2.75) is 13.0 Å². The largest absolute Gasteiger partial charge is 0.496 e. The molecule has 0 saturated heterocycles. The summed E-state index contributed by atoms with van der Waals surface area (Å²) in [5.74, 6) is 0.239. The molecule has 2 rings (SSSR count). The zero-order chi connectivity index (χ0) is 14.5. The van der Waals surface area contributed by atoms with Crippen LogP contribution in [0.3, 0.4) is 0 Å². The van der Waals surface area contributed by atoms with E-state index in [1.165, 1.54) is 7.11 Å². The molecule has 4 nitrogen and oxygen atoms in total. The van der Waals surface area contributed by atoms with Gasteiger partial charge in [0.15, 0.2) is 0 Å². The summed E-state index contributed by atoms with van der Waals surface area (Å²) in [6, 6.07) is 10.3. The first-order chi connectivity index (χ1) is 9.61. The molecule has 1 heterocycles. The van der Waals surface area contributed by atoms with Crippen LogP contribution in [0.15, 0.2) is 42.6 Å². The highest BCUT2D eigenvalue weighted by Gasteiger charge is 2.16. The molecular weight excluding hydrogens is 276 g/mol. The first-order valence-electron chi connectivity index (χ1n) is 6.17. The van der Waals surface area contributed by atoms with Crippen molar-refractivity contribution in [3.8, 4) is 5.75 Å². The fourth-order valence-electron chi connectivity index (χ4n) is 1.84.